The predicted octanol–water partition coefficient (Wildman–Crippen LogP) is 1.10. The Kier molecular flexibility index (Phi) is 5.37. The second-order valence-electron chi connectivity index (χ2n) is 9.85. The molecule has 2 heterocycles. The van der Waals surface area contributed by atoms with Crippen LogP contribution in [0.2, 0.25) is 0 Å². The van der Waals surface area contributed by atoms with E-state index in [0.717, 1.165) is 11.1 Å². The number of hydrogen-bond acceptors (Lipinski definition) is 10. The molecule has 0 aromatic heterocycles. The van der Waals surface area contributed by atoms with E-state index in [1.807, 2.05) is 13.1 Å². The summed E-state index contributed by atoms with van der Waals surface area (Å²) in [6.07, 6.45) is -0.227. The van der Waals surface area contributed by atoms with Crippen LogP contribution in [0.25, 0.3) is 0 Å². The van der Waals surface area contributed by atoms with E-state index < -0.39 is 47.2 Å². The average molecular weight is 488 g/mol. The Morgan fingerprint density at radius 3 is 2.60 bits per heavy atom. The van der Waals surface area contributed by atoms with Crippen molar-refractivity contribution in [1.29, 1.82) is 0 Å². The van der Waals surface area contributed by atoms with E-state index in [1.165, 1.54) is 20.8 Å². The molecule has 0 amide bonds. The van der Waals surface area contributed by atoms with Crippen LogP contribution in [0.1, 0.15) is 44.7 Å². The molecule has 1 spiro atoms. The van der Waals surface area contributed by atoms with E-state index in [1.54, 1.807) is 12.1 Å². The van der Waals surface area contributed by atoms with Crippen LogP contribution in [-0.2, 0) is 40.4 Å². The van der Waals surface area contributed by atoms with Crippen molar-refractivity contribution in [2.75, 3.05) is 13.6 Å². The molecule has 2 unspecified atom stereocenters. The summed E-state index contributed by atoms with van der Waals surface area (Å²) in [4.78, 5) is 38.2. The van der Waals surface area contributed by atoms with Crippen LogP contribution >= 0.6 is 0 Å². The zero-order valence-electron chi connectivity index (χ0n) is 20.1. The SMILES string of the molecule is CC(=O)OC(C)C(=O)OC(C)C(=O)OC1=CC[C@@]2(O)[C@H]3Cc4ccc(O)c5c4[C@@]2(CCN3C)[C@H]1O5. The standard InChI is InChI=1S/C25H29NO9/c1-12(32-14(3)27)22(29)33-13(2)23(30)34-17-7-8-25(31)18-11-15-5-6-16(28)20-19(15)24(25,21(17)35-20)9-10-26(18)4/h5-7,12-13,18,21,28,31H,8-11H2,1-4H3/t12?,13?,18-,21+,24+,25-/m1/s1. The van der Waals surface area contributed by atoms with Gasteiger partial charge in [0.25, 0.3) is 0 Å². The normalized spacial score (nSPS) is 31.9. The van der Waals surface area contributed by atoms with Gasteiger partial charge in [-0.3, -0.25) is 4.79 Å². The van der Waals surface area contributed by atoms with Gasteiger partial charge in [0.2, 0.25) is 0 Å². The molecule has 5 rings (SSSR count). The summed E-state index contributed by atoms with van der Waals surface area (Å²) in [7, 11) is 1.98. The van der Waals surface area contributed by atoms with Gasteiger partial charge in [0.05, 0.1) is 11.0 Å². The molecule has 2 N–H and O–H groups in total. The quantitative estimate of drug-likeness (QED) is 0.460. The van der Waals surface area contributed by atoms with E-state index in [4.69, 9.17) is 18.9 Å². The highest BCUT2D eigenvalue weighted by Gasteiger charge is 2.72. The Balaban J connectivity index is 1.43. The molecule has 188 valence electrons. The maximum atomic E-state index is 12.9. The summed E-state index contributed by atoms with van der Waals surface area (Å²) in [5.41, 5.74) is -0.286. The third-order valence-electron chi connectivity index (χ3n) is 7.87. The Labute approximate surface area is 202 Å². The van der Waals surface area contributed by atoms with Gasteiger partial charge in [0.1, 0.15) is 5.76 Å². The number of likely N-dealkylation sites (N-methyl/N-ethyl adjacent to an activating group) is 1. The van der Waals surface area contributed by atoms with Crippen LogP contribution in [-0.4, -0.2) is 76.6 Å². The molecule has 10 nitrogen and oxygen atoms in total. The average Bonchev–Trinajstić information content (AvgIpc) is 3.15. The summed E-state index contributed by atoms with van der Waals surface area (Å²) < 4.78 is 21.8. The van der Waals surface area contributed by atoms with Crippen LogP contribution < -0.4 is 4.74 Å². The number of nitrogens with zero attached hydrogens (tertiary/aromatic N) is 1. The molecule has 2 aliphatic carbocycles. The fourth-order valence-electron chi connectivity index (χ4n) is 6.25. The number of benzene rings is 1. The van der Waals surface area contributed by atoms with Gasteiger partial charge in [0, 0.05) is 24.9 Å². The monoisotopic (exact) mass is 487 g/mol. The van der Waals surface area contributed by atoms with Gasteiger partial charge >= 0.3 is 17.9 Å². The Morgan fingerprint density at radius 2 is 1.89 bits per heavy atom. The van der Waals surface area contributed by atoms with Gasteiger partial charge in [-0.05, 0) is 58.0 Å². The molecule has 4 aliphatic rings. The molecule has 1 aromatic rings. The molecule has 10 heteroatoms. The maximum Gasteiger partial charge on any atom is 0.352 e. The number of carbonyl (C=O) groups is 3. The molecule has 1 aromatic carbocycles. The third-order valence-corrected chi connectivity index (χ3v) is 7.87. The third kappa shape index (κ3) is 3.26. The number of phenolic OH excluding ortho intramolecular Hbond substituents is 1. The molecule has 6 atom stereocenters. The van der Waals surface area contributed by atoms with Crippen molar-refractivity contribution in [1.82, 2.24) is 4.90 Å². The van der Waals surface area contributed by atoms with Crippen LogP contribution in [0.5, 0.6) is 11.5 Å². The molecule has 0 saturated carbocycles. The number of likely N-dealkylation sites (tertiary alicyclic amines) is 1. The van der Waals surface area contributed by atoms with Crippen LogP contribution in [0.15, 0.2) is 24.0 Å². The maximum absolute atomic E-state index is 12.9. The summed E-state index contributed by atoms with van der Waals surface area (Å²) in [5.74, 6) is -1.85. The Bertz CT molecular complexity index is 1150. The first kappa shape index (κ1) is 23.6. The van der Waals surface area contributed by atoms with Crippen molar-refractivity contribution in [3.05, 3.63) is 35.1 Å². The van der Waals surface area contributed by atoms with Gasteiger partial charge in [-0.2, -0.15) is 0 Å². The molecule has 2 bridgehead atoms. The minimum Gasteiger partial charge on any atom is -0.504 e. The highest BCUT2D eigenvalue weighted by molar-refractivity contribution is 5.83. The molecule has 2 aliphatic heterocycles. The largest absolute Gasteiger partial charge is 0.504 e. The van der Waals surface area contributed by atoms with Crippen molar-refractivity contribution in [3.8, 4) is 11.5 Å². The highest BCUT2D eigenvalue weighted by atomic mass is 16.6. The molecule has 0 radical (unpaired) electrons. The van der Waals surface area contributed by atoms with Crippen molar-refractivity contribution in [3.63, 3.8) is 0 Å². The Morgan fingerprint density at radius 1 is 1.17 bits per heavy atom. The Hall–Kier alpha value is -3.11. The molecular formula is C25H29NO9. The number of esters is 3. The number of aromatic hydroxyl groups is 1. The number of piperidine rings is 1. The highest BCUT2D eigenvalue weighted by Crippen LogP contribution is 2.65. The lowest BCUT2D eigenvalue weighted by atomic mass is 9.50. The second-order valence-corrected chi connectivity index (χ2v) is 9.85. The van der Waals surface area contributed by atoms with Gasteiger partial charge in [0.15, 0.2) is 29.8 Å². The number of hydrogen-bond donors (Lipinski definition) is 2. The fraction of sp³-hybridized carbons (Fsp3) is 0.560. The van der Waals surface area contributed by atoms with E-state index in [2.05, 4.69) is 4.90 Å². The minimum absolute atomic E-state index is 0.0281. The summed E-state index contributed by atoms with van der Waals surface area (Å²) in [6.45, 7) is 4.57. The first-order chi connectivity index (χ1) is 16.5. The first-order valence-corrected chi connectivity index (χ1v) is 11.7. The predicted molar refractivity (Wildman–Crippen MR) is 119 cm³/mol. The zero-order valence-corrected chi connectivity index (χ0v) is 20.1. The lowest BCUT2D eigenvalue weighted by Gasteiger charge is -2.61. The number of rotatable bonds is 5. The van der Waals surface area contributed by atoms with Crippen LogP contribution in [0.4, 0.5) is 0 Å². The fourth-order valence-corrected chi connectivity index (χ4v) is 6.25. The topological polar surface area (TPSA) is 132 Å². The summed E-state index contributed by atoms with van der Waals surface area (Å²) in [5, 5.41) is 22.7. The van der Waals surface area contributed by atoms with Crippen molar-refractivity contribution >= 4 is 17.9 Å². The lowest BCUT2D eigenvalue weighted by Crippen LogP contribution is -2.74. The zero-order chi connectivity index (χ0) is 25.3. The molecule has 1 saturated heterocycles. The second kappa shape index (κ2) is 7.96. The smallest absolute Gasteiger partial charge is 0.352 e. The number of aliphatic hydroxyl groups is 1. The number of ether oxygens (including phenoxy) is 4. The van der Waals surface area contributed by atoms with Crippen LogP contribution in [0, 0.1) is 0 Å². The van der Waals surface area contributed by atoms with Gasteiger partial charge < -0.3 is 34.1 Å². The molecular weight excluding hydrogens is 458 g/mol. The van der Waals surface area contributed by atoms with Gasteiger partial charge in [-0.25, -0.2) is 9.59 Å². The van der Waals surface area contributed by atoms with Crippen molar-refractivity contribution < 1.29 is 43.5 Å². The minimum atomic E-state index is -1.27. The lowest BCUT2D eigenvalue weighted by molar-refractivity contribution is -0.179. The van der Waals surface area contributed by atoms with Crippen molar-refractivity contribution in [2.24, 2.45) is 0 Å². The number of phenols is 1. The van der Waals surface area contributed by atoms with Crippen LogP contribution in [0.3, 0.4) is 0 Å². The summed E-state index contributed by atoms with van der Waals surface area (Å²) in [6, 6.07) is 3.29. The van der Waals surface area contributed by atoms with E-state index >= 15 is 0 Å². The first-order valence-electron chi connectivity index (χ1n) is 11.7. The van der Waals surface area contributed by atoms with Gasteiger partial charge in [-0.15, -0.1) is 0 Å². The van der Waals surface area contributed by atoms with E-state index in [-0.39, 0.29) is 24.0 Å². The number of carbonyl (C=O) groups excluding carboxylic acids is 3. The van der Waals surface area contributed by atoms with E-state index in [9.17, 15) is 24.6 Å². The summed E-state index contributed by atoms with van der Waals surface area (Å²) >= 11 is 0. The van der Waals surface area contributed by atoms with Crippen molar-refractivity contribution in [2.45, 2.75) is 75.4 Å². The van der Waals surface area contributed by atoms with E-state index in [0.29, 0.717) is 25.1 Å². The molecule has 35 heavy (non-hydrogen) atoms. The molecule has 1 fully saturated rings. The van der Waals surface area contributed by atoms with Gasteiger partial charge in [-0.1, -0.05) is 6.07 Å².